The molecule has 0 unspecified atom stereocenters. The van der Waals surface area contributed by atoms with Crippen molar-refractivity contribution in [3.8, 4) is 5.75 Å². The molecule has 31 heavy (non-hydrogen) atoms. The molecule has 1 aromatic heterocycles. The van der Waals surface area contributed by atoms with Gasteiger partial charge in [-0.05, 0) is 49.6 Å². The van der Waals surface area contributed by atoms with Crippen molar-refractivity contribution in [2.45, 2.75) is 31.0 Å². The van der Waals surface area contributed by atoms with Gasteiger partial charge in [-0.1, -0.05) is 48.2 Å². The number of nitrogens with two attached hydrogens (primary N) is 1. The molecule has 0 aliphatic carbocycles. The third-order valence-corrected chi connectivity index (χ3v) is 6.36. The lowest BCUT2D eigenvalue weighted by Gasteiger charge is -2.20. The molecular formula is C24H25N3O3S. The van der Waals surface area contributed by atoms with Crippen LogP contribution in [0.5, 0.6) is 5.75 Å². The summed E-state index contributed by atoms with van der Waals surface area (Å²) in [6.07, 6.45) is 0. The fraction of sp³-hybridized carbons (Fsp3) is 0.208. The molecule has 3 rings (SSSR count). The van der Waals surface area contributed by atoms with Crippen LogP contribution in [0.15, 0.2) is 59.6 Å². The van der Waals surface area contributed by atoms with Crippen molar-refractivity contribution in [2.75, 3.05) is 12.4 Å². The number of nitrogens with zero attached hydrogens (tertiary/aromatic N) is 1. The highest BCUT2D eigenvalue weighted by Crippen LogP contribution is 2.38. The SMILES string of the molecule is COc1cccc(NC(=O)[C@@H](Sc2nc(C)c(C)c(C)c2C(N)=O)c2ccccc2)c1. The van der Waals surface area contributed by atoms with Gasteiger partial charge in [-0.15, -0.1) is 0 Å². The van der Waals surface area contributed by atoms with Crippen LogP contribution in [0.2, 0.25) is 0 Å². The molecule has 0 aliphatic rings. The van der Waals surface area contributed by atoms with E-state index in [2.05, 4.69) is 10.3 Å². The van der Waals surface area contributed by atoms with Crippen molar-refractivity contribution in [1.82, 2.24) is 4.98 Å². The van der Waals surface area contributed by atoms with Crippen LogP contribution in [-0.4, -0.2) is 23.9 Å². The quantitative estimate of drug-likeness (QED) is 0.530. The van der Waals surface area contributed by atoms with E-state index in [0.29, 0.717) is 22.0 Å². The Morgan fingerprint density at radius 2 is 1.74 bits per heavy atom. The second kappa shape index (κ2) is 9.66. The normalized spacial score (nSPS) is 11.6. The van der Waals surface area contributed by atoms with Crippen molar-refractivity contribution in [3.63, 3.8) is 0 Å². The van der Waals surface area contributed by atoms with Crippen molar-refractivity contribution in [3.05, 3.63) is 82.5 Å². The number of pyridine rings is 1. The highest BCUT2D eigenvalue weighted by Gasteiger charge is 2.27. The number of methoxy groups -OCH3 is 1. The zero-order chi connectivity index (χ0) is 22.5. The molecule has 2 aromatic carbocycles. The van der Waals surface area contributed by atoms with Gasteiger partial charge < -0.3 is 15.8 Å². The maximum atomic E-state index is 13.3. The molecule has 1 heterocycles. The number of aromatic nitrogens is 1. The monoisotopic (exact) mass is 435 g/mol. The van der Waals surface area contributed by atoms with Crippen LogP contribution >= 0.6 is 11.8 Å². The van der Waals surface area contributed by atoms with Crippen molar-refractivity contribution in [2.24, 2.45) is 5.73 Å². The molecule has 0 saturated heterocycles. The molecule has 0 fully saturated rings. The molecule has 0 saturated carbocycles. The van der Waals surface area contributed by atoms with Crippen LogP contribution in [0.4, 0.5) is 5.69 Å². The minimum absolute atomic E-state index is 0.238. The number of hydrogen-bond acceptors (Lipinski definition) is 5. The molecule has 0 spiro atoms. The first-order valence-electron chi connectivity index (χ1n) is 9.76. The van der Waals surface area contributed by atoms with E-state index in [4.69, 9.17) is 10.5 Å². The van der Waals surface area contributed by atoms with Gasteiger partial charge in [-0.3, -0.25) is 9.59 Å². The molecule has 160 valence electrons. The minimum Gasteiger partial charge on any atom is -0.497 e. The lowest BCUT2D eigenvalue weighted by Crippen LogP contribution is -2.21. The van der Waals surface area contributed by atoms with Crippen LogP contribution in [-0.2, 0) is 4.79 Å². The van der Waals surface area contributed by atoms with E-state index in [1.165, 1.54) is 11.8 Å². The van der Waals surface area contributed by atoms with Gasteiger partial charge in [0.1, 0.15) is 16.0 Å². The Labute approximate surface area is 186 Å². The second-order valence-corrected chi connectivity index (χ2v) is 8.22. The summed E-state index contributed by atoms with van der Waals surface area (Å²) in [5, 5.41) is 2.75. The Morgan fingerprint density at radius 1 is 1.03 bits per heavy atom. The molecule has 0 radical (unpaired) electrons. The standard InChI is InChI=1S/C24H25N3O3S/c1-14-15(2)20(22(25)28)24(26-16(14)3)31-21(17-9-6-5-7-10-17)23(29)27-18-11-8-12-19(13-18)30-4/h5-13,21H,1-4H3,(H2,25,28)(H,27,29)/t21-/m0/s1. The van der Waals surface area contributed by atoms with E-state index in [9.17, 15) is 9.59 Å². The van der Waals surface area contributed by atoms with E-state index in [1.54, 1.807) is 31.4 Å². The average Bonchev–Trinajstić information content (AvgIpc) is 2.76. The molecule has 7 heteroatoms. The zero-order valence-electron chi connectivity index (χ0n) is 17.9. The van der Waals surface area contributed by atoms with Gasteiger partial charge in [0.15, 0.2) is 0 Å². The van der Waals surface area contributed by atoms with Crippen LogP contribution in [0.3, 0.4) is 0 Å². The van der Waals surface area contributed by atoms with E-state index < -0.39 is 11.2 Å². The summed E-state index contributed by atoms with van der Waals surface area (Å²) in [4.78, 5) is 30.1. The first-order chi connectivity index (χ1) is 14.8. The molecule has 0 aliphatic heterocycles. The smallest absolute Gasteiger partial charge is 0.251 e. The summed E-state index contributed by atoms with van der Waals surface area (Å²) in [6.45, 7) is 5.63. The summed E-state index contributed by atoms with van der Waals surface area (Å²) in [5.74, 6) is -0.155. The number of rotatable bonds is 7. The summed E-state index contributed by atoms with van der Waals surface area (Å²) in [6, 6.07) is 16.5. The number of thioether (sulfide) groups is 1. The first-order valence-corrected chi connectivity index (χ1v) is 10.6. The van der Waals surface area contributed by atoms with Gasteiger partial charge >= 0.3 is 0 Å². The lowest BCUT2D eigenvalue weighted by molar-refractivity contribution is -0.115. The molecule has 3 aromatic rings. The Kier molecular flexibility index (Phi) is 6.97. The summed E-state index contributed by atoms with van der Waals surface area (Å²) < 4.78 is 5.24. The number of anilines is 1. The summed E-state index contributed by atoms with van der Waals surface area (Å²) >= 11 is 1.22. The number of ether oxygens (including phenoxy) is 1. The number of aryl methyl sites for hydroxylation is 1. The number of nitrogens with one attached hydrogen (secondary N) is 1. The topological polar surface area (TPSA) is 94.3 Å². The number of amides is 2. The first kappa shape index (κ1) is 22.4. The maximum Gasteiger partial charge on any atom is 0.251 e. The van der Waals surface area contributed by atoms with Crippen molar-refractivity contribution >= 4 is 29.3 Å². The fourth-order valence-electron chi connectivity index (χ4n) is 3.21. The van der Waals surface area contributed by atoms with Crippen LogP contribution in [0.1, 0.15) is 38.0 Å². The maximum absolute atomic E-state index is 13.3. The summed E-state index contributed by atoms with van der Waals surface area (Å²) in [7, 11) is 1.57. The highest BCUT2D eigenvalue weighted by atomic mass is 32.2. The van der Waals surface area contributed by atoms with Gasteiger partial charge in [-0.2, -0.15) is 0 Å². The Morgan fingerprint density at radius 3 is 2.39 bits per heavy atom. The van der Waals surface area contributed by atoms with Gasteiger partial charge in [-0.25, -0.2) is 4.98 Å². The molecular weight excluding hydrogens is 410 g/mol. The predicted octanol–water partition coefficient (Wildman–Crippen LogP) is 4.59. The minimum atomic E-state index is -0.639. The highest BCUT2D eigenvalue weighted by molar-refractivity contribution is 8.00. The average molecular weight is 436 g/mol. The van der Waals surface area contributed by atoms with Gasteiger partial charge in [0.2, 0.25) is 5.91 Å². The van der Waals surface area contributed by atoms with Crippen LogP contribution < -0.4 is 15.8 Å². The predicted molar refractivity (Wildman–Crippen MR) is 124 cm³/mol. The third-order valence-electron chi connectivity index (χ3n) is 5.12. The van der Waals surface area contributed by atoms with Gasteiger partial charge in [0.25, 0.3) is 5.91 Å². The van der Waals surface area contributed by atoms with Crippen LogP contribution in [0, 0.1) is 20.8 Å². The van der Waals surface area contributed by atoms with Gasteiger partial charge in [0, 0.05) is 17.4 Å². The lowest BCUT2D eigenvalue weighted by atomic mass is 10.0. The molecule has 3 N–H and O–H groups in total. The van der Waals surface area contributed by atoms with Gasteiger partial charge in [0.05, 0.1) is 12.7 Å². The number of hydrogen-bond donors (Lipinski definition) is 2. The van der Waals surface area contributed by atoms with E-state index in [1.807, 2.05) is 51.1 Å². The zero-order valence-corrected chi connectivity index (χ0v) is 18.7. The Balaban J connectivity index is 2.01. The third kappa shape index (κ3) is 5.06. The molecule has 0 bridgehead atoms. The van der Waals surface area contributed by atoms with Crippen molar-refractivity contribution in [1.29, 1.82) is 0 Å². The second-order valence-electron chi connectivity index (χ2n) is 7.12. The molecule has 6 nitrogen and oxygen atoms in total. The molecule has 2 amide bonds. The Hall–Kier alpha value is -3.32. The van der Waals surface area contributed by atoms with E-state index >= 15 is 0 Å². The largest absolute Gasteiger partial charge is 0.497 e. The number of carbonyl (C=O) groups excluding carboxylic acids is 2. The van der Waals surface area contributed by atoms with Crippen LogP contribution in [0.25, 0.3) is 0 Å². The Bertz CT molecular complexity index is 1120. The van der Waals surface area contributed by atoms with E-state index in [-0.39, 0.29) is 5.91 Å². The number of benzene rings is 2. The van der Waals surface area contributed by atoms with E-state index in [0.717, 1.165) is 22.4 Å². The fourth-order valence-corrected chi connectivity index (χ4v) is 4.45. The number of carbonyl (C=O) groups is 2. The summed E-state index contributed by atoms with van der Waals surface area (Å²) in [5.41, 5.74) is 9.92. The van der Waals surface area contributed by atoms with Crippen molar-refractivity contribution < 1.29 is 14.3 Å². The number of primary amides is 1. The molecule has 1 atom stereocenters.